The normalized spacial score (nSPS) is 10.7. The van der Waals surface area contributed by atoms with Gasteiger partial charge in [0, 0.05) is 25.8 Å². The van der Waals surface area contributed by atoms with E-state index in [1.54, 1.807) is 7.05 Å². The van der Waals surface area contributed by atoms with Gasteiger partial charge in [0.25, 0.3) is 0 Å². The summed E-state index contributed by atoms with van der Waals surface area (Å²) in [6, 6.07) is 18.5. The van der Waals surface area contributed by atoms with Crippen LogP contribution in [0.3, 0.4) is 0 Å². The van der Waals surface area contributed by atoms with Gasteiger partial charge < -0.3 is 15.5 Å². The summed E-state index contributed by atoms with van der Waals surface area (Å²) in [6.45, 7) is 5.45. The van der Waals surface area contributed by atoms with Crippen molar-refractivity contribution < 1.29 is 4.79 Å². The highest BCUT2D eigenvalue weighted by Gasteiger charge is 2.06. The number of carbonyl (C=O) groups excluding carboxylic acids is 1. The van der Waals surface area contributed by atoms with E-state index < -0.39 is 0 Å². The van der Waals surface area contributed by atoms with Gasteiger partial charge >= 0.3 is 6.03 Å². The van der Waals surface area contributed by atoms with E-state index >= 15 is 0 Å². The van der Waals surface area contributed by atoms with E-state index in [0.717, 1.165) is 44.6 Å². The van der Waals surface area contributed by atoms with E-state index in [1.807, 2.05) is 12.1 Å². The fraction of sp³-hybridized carbons (Fsp3) is 0.381. The molecule has 0 aromatic heterocycles. The summed E-state index contributed by atoms with van der Waals surface area (Å²) in [5, 5.41) is 5.40. The summed E-state index contributed by atoms with van der Waals surface area (Å²) in [4.78, 5) is 14.0. The molecule has 0 unspecified atom stereocenters. The first-order valence-electron chi connectivity index (χ1n) is 9.05. The summed E-state index contributed by atoms with van der Waals surface area (Å²) < 4.78 is 0. The molecule has 0 bridgehead atoms. The molecule has 0 aliphatic heterocycles. The van der Waals surface area contributed by atoms with Crippen LogP contribution in [-0.4, -0.2) is 37.6 Å². The zero-order valence-corrected chi connectivity index (χ0v) is 15.3. The Labute approximate surface area is 151 Å². The SMILES string of the molecule is CCCN(CCc1ccccc1)CCc1cccc(NC(=O)NC)c1. The minimum atomic E-state index is -0.187. The van der Waals surface area contributed by atoms with Gasteiger partial charge in [0.2, 0.25) is 0 Å². The Hall–Kier alpha value is -2.33. The Morgan fingerprint density at radius 3 is 2.28 bits per heavy atom. The number of carbonyl (C=O) groups is 1. The van der Waals surface area contributed by atoms with E-state index in [1.165, 1.54) is 11.1 Å². The lowest BCUT2D eigenvalue weighted by Crippen LogP contribution is -2.29. The van der Waals surface area contributed by atoms with Gasteiger partial charge in [-0.25, -0.2) is 4.79 Å². The average molecular weight is 339 g/mol. The van der Waals surface area contributed by atoms with Crippen molar-refractivity contribution >= 4 is 11.7 Å². The first-order valence-corrected chi connectivity index (χ1v) is 9.05. The molecule has 0 saturated carbocycles. The van der Waals surface area contributed by atoms with Crippen molar-refractivity contribution in [3.63, 3.8) is 0 Å². The van der Waals surface area contributed by atoms with Gasteiger partial charge in [0.15, 0.2) is 0 Å². The number of benzene rings is 2. The molecular weight excluding hydrogens is 310 g/mol. The second-order valence-electron chi connectivity index (χ2n) is 6.23. The third-order valence-corrected chi connectivity index (χ3v) is 4.23. The molecule has 0 radical (unpaired) electrons. The largest absolute Gasteiger partial charge is 0.341 e. The smallest absolute Gasteiger partial charge is 0.318 e. The maximum atomic E-state index is 11.4. The van der Waals surface area contributed by atoms with Crippen molar-refractivity contribution in [1.82, 2.24) is 10.2 Å². The maximum Gasteiger partial charge on any atom is 0.318 e. The zero-order valence-electron chi connectivity index (χ0n) is 15.3. The van der Waals surface area contributed by atoms with Crippen LogP contribution in [0, 0.1) is 0 Å². The highest BCUT2D eigenvalue weighted by molar-refractivity contribution is 5.89. The molecule has 134 valence electrons. The van der Waals surface area contributed by atoms with Crippen LogP contribution >= 0.6 is 0 Å². The summed E-state index contributed by atoms with van der Waals surface area (Å²) >= 11 is 0. The fourth-order valence-corrected chi connectivity index (χ4v) is 2.87. The average Bonchev–Trinajstić information content (AvgIpc) is 2.65. The zero-order chi connectivity index (χ0) is 17.9. The molecule has 2 aromatic rings. The Bertz CT molecular complexity index is 643. The van der Waals surface area contributed by atoms with Gasteiger partial charge in [-0.05, 0) is 49.1 Å². The summed E-state index contributed by atoms with van der Waals surface area (Å²) in [7, 11) is 1.62. The van der Waals surface area contributed by atoms with Crippen molar-refractivity contribution in [1.29, 1.82) is 0 Å². The summed E-state index contributed by atoms with van der Waals surface area (Å²) in [5.74, 6) is 0. The van der Waals surface area contributed by atoms with Gasteiger partial charge in [-0.1, -0.05) is 49.4 Å². The van der Waals surface area contributed by atoms with Gasteiger partial charge in [-0.3, -0.25) is 0 Å². The molecule has 2 amide bonds. The van der Waals surface area contributed by atoms with Crippen molar-refractivity contribution in [3.05, 3.63) is 65.7 Å². The van der Waals surface area contributed by atoms with E-state index in [2.05, 4.69) is 64.9 Å². The Morgan fingerprint density at radius 1 is 0.920 bits per heavy atom. The molecule has 4 heteroatoms. The maximum absolute atomic E-state index is 11.4. The molecule has 2 aromatic carbocycles. The lowest BCUT2D eigenvalue weighted by atomic mass is 10.1. The van der Waals surface area contributed by atoms with Crippen LogP contribution in [0.1, 0.15) is 24.5 Å². The molecule has 25 heavy (non-hydrogen) atoms. The van der Waals surface area contributed by atoms with Crippen molar-refractivity contribution in [3.8, 4) is 0 Å². The fourth-order valence-electron chi connectivity index (χ4n) is 2.87. The minimum absolute atomic E-state index is 0.187. The third kappa shape index (κ3) is 6.98. The van der Waals surface area contributed by atoms with Crippen molar-refractivity contribution in [2.75, 3.05) is 32.0 Å². The Kier molecular flexibility index (Phi) is 7.99. The molecular formula is C21H29N3O. The lowest BCUT2D eigenvalue weighted by Gasteiger charge is -2.22. The highest BCUT2D eigenvalue weighted by atomic mass is 16.2. The molecule has 4 nitrogen and oxygen atoms in total. The summed E-state index contributed by atoms with van der Waals surface area (Å²) in [6.07, 6.45) is 3.23. The number of amides is 2. The number of nitrogens with one attached hydrogen (secondary N) is 2. The third-order valence-electron chi connectivity index (χ3n) is 4.23. The molecule has 0 heterocycles. The molecule has 2 rings (SSSR count). The van der Waals surface area contributed by atoms with E-state index in [4.69, 9.17) is 0 Å². The topological polar surface area (TPSA) is 44.4 Å². The van der Waals surface area contributed by atoms with Gasteiger partial charge in [0.05, 0.1) is 0 Å². The van der Waals surface area contributed by atoms with Crippen LogP contribution in [0.4, 0.5) is 10.5 Å². The number of urea groups is 1. The second-order valence-corrected chi connectivity index (χ2v) is 6.23. The molecule has 0 saturated heterocycles. The number of rotatable bonds is 9. The number of hydrogen-bond donors (Lipinski definition) is 2. The van der Waals surface area contributed by atoms with Crippen molar-refractivity contribution in [2.45, 2.75) is 26.2 Å². The number of hydrogen-bond acceptors (Lipinski definition) is 2. The molecule has 0 fully saturated rings. The Morgan fingerprint density at radius 2 is 1.60 bits per heavy atom. The lowest BCUT2D eigenvalue weighted by molar-refractivity contribution is 0.254. The first-order chi connectivity index (χ1) is 12.2. The van der Waals surface area contributed by atoms with Crippen LogP contribution < -0.4 is 10.6 Å². The number of nitrogens with zero attached hydrogens (tertiary/aromatic N) is 1. The molecule has 0 aliphatic carbocycles. The second kappa shape index (κ2) is 10.5. The summed E-state index contributed by atoms with van der Waals surface area (Å²) in [5.41, 5.74) is 3.47. The van der Waals surface area contributed by atoms with Crippen LogP contribution in [0.5, 0.6) is 0 Å². The Balaban J connectivity index is 1.87. The molecule has 0 atom stereocenters. The quantitative estimate of drug-likeness (QED) is 0.727. The van der Waals surface area contributed by atoms with Gasteiger partial charge in [-0.15, -0.1) is 0 Å². The van der Waals surface area contributed by atoms with Crippen LogP contribution in [0.25, 0.3) is 0 Å². The van der Waals surface area contributed by atoms with Gasteiger partial charge in [-0.2, -0.15) is 0 Å². The minimum Gasteiger partial charge on any atom is -0.341 e. The first kappa shape index (κ1) is 19.0. The predicted octanol–water partition coefficient (Wildman–Crippen LogP) is 3.94. The van der Waals surface area contributed by atoms with Crippen LogP contribution in [-0.2, 0) is 12.8 Å². The van der Waals surface area contributed by atoms with Crippen LogP contribution in [0.2, 0.25) is 0 Å². The van der Waals surface area contributed by atoms with E-state index in [-0.39, 0.29) is 6.03 Å². The van der Waals surface area contributed by atoms with E-state index in [9.17, 15) is 4.79 Å². The number of anilines is 1. The molecule has 2 N–H and O–H groups in total. The van der Waals surface area contributed by atoms with E-state index in [0.29, 0.717) is 0 Å². The highest BCUT2D eigenvalue weighted by Crippen LogP contribution is 2.12. The predicted molar refractivity (Wildman–Crippen MR) is 105 cm³/mol. The molecule has 0 aliphatic rings. The van der Waals surface area contributed by atoms with Gasteiger partial charge in [0.1, 0.15) is 0 Å². The monoisotopic (exact) mass is 339 g/mol. The van der Waals surface area contributed by atoms with Crippen molar-refractivity contribution in [2.24, 2.45) is 0 Å². The molecule has 0 spiro atoms. The standard InChI is InChI=1S/C21H29N3O/c1-3-14-24(15-12-18-8-5-4-6-9-18)16-13-19-10-7-11-20(17-19)23-21(25)22-2/h4-11,17H,3,12-16H2,1-2H3,(H2,22,23,25). The van der Waals surface area contributed by atoms with Crippen LogP contribution in [0.15, 0.2) is 54.6 Å².